The molecule has 3 rings (SSSR count). The summed E-state index contributed by atoms with van der Waals surface area (Å²) < 4.78 is 5.14. The summed E-state index contributed by atoms with van der Waals surface area (Å²) >= 11 is 0. The van der Waals surface area contributed by atoms with Crippen LogP contribution < -0.4 is 0 Å². The fourth-order valence-electron chi connectivity index (χ4n) is 2.47. The normalized spacial score (nSPS) is 10.5. The van der Waals surface area contributed by atoms with Gasteiger partial charge in [0.2, 0.25) is 0 Å². The molecule has 0 radical (unpaired) electrons. The first kappa shape index (κ1) is 17.5. The van der Waals surface area contributed by atoms with E-state index in [1.54, 1.807) is 37.6 Å². The first-order valence-electron chi connectivity index (χ1n) is 8.20. The van der Waals surface area contributed by atoms with E-state index in [9.17, 15) is 9.59 Å². The molecule has 0 fully saturated rings. The van der Waals surface area contributed by atoms with Crippen LogP contribution in [0, 0.1) is 6.92 Å². The van der Waals surface area contributed by atoms with Crippen molar-refractivity contribution in [3.63, 3.8) is 0 Å². The van der Waals surface area contributed by atoms with Gasteiger partial charge in [-0.3, -0.25) is 14.8 Å². The van der Waals surface area contributed by atoms with Gasteiger partial charge in [0.15, 0.2) is 6.61 Å². The molecule has 0 saturated carbocycles. The quantitative estimate of drug-likeness (QED) is 0.662. The first-order chi connectivity index (χ1) is 12.5. The van der Waals surface area contributed by atoms with Crippen LogP contribution in [-0.2, 0) is 16.1 Å². The number of likely N-dealkylation sites (N-methyl/N-ethyl adjacent to an activating group) is 1. The van der Waals surface area contributed by atoms with E-state index in [0.717, 1.165) is 11.1 Å². The third-order valence-electron chi connectivity index (χ3n) is 4.00. The molecule has 0 aliphatic carbocycles. The molecule has 0 saturated heterocycles. The number of hydrogen-bond acceptors (Lipinski definition) is 5. The zero-order chi connectivity index (χ0) is 18.5. The van der Waals surface area contributed by atoms with Crippen LogP contribution in [0.25, 0.3) is 11.0 Å². The zero-order valence-electron chi connectivity index (χ0n) is 14.7. The Bertz CT molecular complexity index is 938. The van der Waals surface area contributed by atoms with Crippen LogP contribution in [0.3, 0.4) is 0 Å². The topological polar surface area (TPSA) is 72.4 Å². The molecule has 6 nitrogen and oxygen atoms in total. The number of aromatic nitrogens is 2. The molecule has 0 unspecified atom stereocenters. The maximum atomic E-state index is 12.2. The van der Waals surface area contributed by atoms with Crippen LogP contribution in [0.5, 0.6) is 0 Å². The Morgan fingerprint density at radius 1 is 1.00 bits per heavy atom. The van der Waals surface area contributed by atoms with Crippen LogP contribution in [0.15, 0.2) is 54.9 Å². The number of ether oxygens (including phenoxy) is 1. The molecule has 1 amide bonds. The van der Waals surface area contributed by atoms with Crippen molar-refractivity contribution in [3.8, 4) is 0 Å². The molecule has 132 valence electrons. The largest absolute Gasteiger partial charge is 0.452 e. The molecule has 6 heteroatoms. The zero-order valence-corrected chi connectivity index (χ0v) is 14.7. The average Bonchev–Trinajstić information content (AvgIpc) is 2.67. The van der Waals surface area contributed by atoms with Gasteiger partial charge in [-0.2, -0.15) is 0 Å². The molecule has 26 heavy (non-hydrogen) atoms. The molecule has 0 spiro atoms. The third kappa shape index (κ3) is 4.22. The van der Waals surface area contributed by atoms with Crippen molar-refractivity contribution in [1.29, 1.82) is 0 Å². The van der Waals surface area contributed by atoms with Crippen molar-refractivity contribution in [3.05, 3.63) is 71.5 Å². The lowest BCUT2D eigenvalue weighted by molar-refractivity contribution is -0.133. The molecule has 0 aliphatic heterocycles. The smallest absolute Gasteiger partial charge is 0.338 e. The fourth-order valence-corrected chi connectivity index (χ4v) is 2.47. The number of esters is 1. The number of carbonyl (C=O) groups excluding carboxylic acids is 2. The Labute approximate surface area is 151 Å². The average molecular weight is 349 g/mol. The first-order valence-corrected chi connectivity index (χ1v) is 8.20. The van der Waals surface area contributed by atoms with Crippen molar-refractivity contribution in [2.75, 3.05) is 13.7 Å². The predicted octanol–water partition coefficient (Wildman–Crippen LogP) is 2.75. The Morgan fingerprint density at radius 2 is 1.69 bits per heavy atom. The summed E-state index contributed by atoms with van der Waals surface area (Å²) in [4.78, 5) is 34.2. The van der Waals surface area contributed by atoms with Gasteiger partial charge in [-0.25, -0.2) is 4.79 Å². The van der Waals surface area contributed by atoms with Gasteiger partial charge in [0.05, 0.1) is 16.6 Å². The van der Waals surface area contributed by atoms with Crippen LogP contribution in [0.2, 0.25) is 0 Å². The minimum atomic E-state index is -0.561. The van der Waals surface area contributed by atoms with E-state index in [4.69, 9.17) is 4.74 Å². The van der Waals surface area contributed by atoms with Gasteiger partial charge in [-0.15, -0.1) is 0 Å². The number of rotatable bonds is 5. The summed E-state index contributed by atoms with van der Waals surface area (Å²) in [6, 6.07) is 12.9. The Kier molecular flexibility index (Phi) is 5.22. The molecule has 2 aromatic carbocycles. The van der Waals surface area contributed by atoms with Crippen LogP contribution >= 0.6 is 0 Å². The number of aryl methyl sites for hydroxylation is 1. The van der Waals surface area contributed by atoms with E-state index >= 15 is 0 Å². The van der Waals surface area contributed by atoms with Gasteiger partial charge in [-0.05, 0) is 30.7 Å². The van der Waals surface area contributed by atoms with Crippen molar-refractivity contribution >= 4 is 22.9 Å². The fraction of sp³-hybridized carbons (Fsp3) is 0.200. The molecule has 0 atom stereocenters. The van der Waals surface area contributed by atoms with Crippen molar-refractivity contribution in [2.45, 2.75) is 13.5 Å². The summed E-state index contributed by atoms with van der Waals surface area (Å²) in [5.41, 5.74) is 3.82. The Balaban J connectivity index is 1.57. The lowest BCUT2D eigenvalue weighted by atomic mass is 10.1. The molecule has 0 bridgehead atoms. The SMILES string of the molecule is Cc1ccc(CN(C)C(=O)COC(=O)c2ccc3nccnc3c2)cc1. The van der Waals surface area contributed by atoms with Crippen molar-refractivity contribution in [2.24, 2.45) is 0 Å². The summed E-state index contributed by atoms with van der Waals surface area (Å²) in [7, 11) is 1.68. The van der Waals surface area contributed by atoms with Crippen LogP contribution in [-0.4, -0.2) is 40.4 Å². The highest BCUT2D eigenvalue weighted by atomic mass is 16.5. The number of benzene rings is 2. The molecule has 3 aromatic rings. The highest BCUT2D eigenvalue weighted by molar-refractivity contribution is 5.94. The van der Waals surface area contributed by atoms with Gasteiger partial charge in [0.1, 0.15) is 0 Å². The number of hydrogen-bond donors (Lipinski definition) is 0. The summed E-state index contributed by atoms with van der Waals surface area (Å²) in [5.74, 6) is -0.825. The molecule has 1 heterocycles. The molecular formula is C20H19N3O3. The van der Waals surface area contributed by atoms with E-state index in [2.05, 4.69) is 9.97 Å². The lowest BCUT2D eigenvalue weighted by Gasteiger charge is -2.17. The second kappa shape index (κ2) is 7.74. The Morgan fingerprint density at radius 3 is 2.42 bits per heavy atom. The monoisotopic (exact) mass is 349 g/mol. The highest BCUT2D eigenvalue weighted by Gasteiger charge is 2.14. The highest BCUT2D eigenvalue weighted by Crippen LogP contribution is 2.12. The van der Waals surface area contributed by atoms with Crippen molar-refractivity contribution < 1.29 is 14.3 Å². The third-order valence-corrected chi connectivity index (χ3v) is 4.00. The van der Waals surface area contributed by atoms with Gasteiger partial charge in [0, 0.05) is 26.0 Å². The molecule has 0 N–H and O–H groups in total. The molecule has 0 aliphatic rings. The van der Waals surface area contributed by atoms with Crippen LogP contribution in [0.4, 0.5) is 0 Å². The summed E-state index contributed by atoms with van der Waals surface area (Å²) in [5, 5.41) is 0. The number of fused-ring (bicyclic) bond motifs is 1. The van der Waals surface area contributed by atoms with Crippen LogP contribution in [0.1, 0.15) is 21.5 Å². The van der Waals surface area contributed by atoms with E-state index in [-0.39, 0.29) is 12.5 Å². The maximum absolute atomic E-state index is 12.2. The van der Waals surface area contributed by atoms with E-state index in [1.165, 1.54) is 4.90 Å². The van der Waals surface area contributed by atoms with Gasteiger partial charge in [0.25, 0.3) is 5.91 Å². The number of nitrogens with zero attached hydrogens (tertiary/aromatic N) is 3. The van der Waals surface area contributed by atoms with E-state index < -0.39 is 5.97 Å². The Hall–Kier alpha value is -3.28. The van der Waals surface area contributed by atoms with E-state index in [0.29, 0.717) is 23.1 Å². The second-order valence-corrected chi connectivity index (χ2v) is 6.07. The van der Waals surface area contributed by atoms with Gasteiger partial charge in [-0.1, -0.05) is 29.8 Å². The maximum Gasteiger partial charge on any atom is 0.338 e. The number of amides is 1. The standard InChI is InChI=1S/C20H19N3O3/c1-14-3-5-15(6-4-14)12-23(2)19(24)13-26-20(25)16-7-8-17-18(11-16)22-10-9-21-17/h3-11H,12-13H2,1-2H3. The molecule has 1 aromatic heterocycles. The van der Waals surface area contributed by atoms with Gasteiger partial charge < -0.3 is 9.64 Å². The molecular weight excluding hydrogens is 330 g/mol. The minimum Gasteiger partial charge on any atom is -0.452 e. The van der Waals surface area contributed by atoms with Crippen molar-refractivity contribution in [1.82, 2.24) is 14.9 Å². The lowest BCUT2D eigenvalue weighted by Crippen LogP contribution is -2.30. The second-order valence-electron chi connectivity index (χ2n) is 6.07. The summed E-state index contributed by atoms with van der Waals surface area (Å²) in [6.07, 6.45) is 3.14. The van der Waals surface area contributed by atoms with E-state index in [1.807, 2.05) is 31.2 Å². The minimum absolute atomic E-state index is 0.264. The van der Waals surface area contributed by atoms with Gasteiger partial charge >= 0.3 is 5.97 Å². The number of carbonyl (C=O) groups is 2. The summed E-state index contributed by atoms with van der Waals surface area (Å²) in [6.45, 7) is 2.17. The predicted molar refractivity (Wildman–Crippen MR) is 97.5 cm³/mol.